The quantitative estimate of drug-likeness (QED) is 0.277. The van der Waals surface area contributed by atoms with E-state index in [2.05, 4.69) is 10.2 Å². The summed E-state index contributed by atoms with van der Waals surface area (Å²) < 4.78 is 73.2. The predicted octanol–water partition coefficient (Wildman–Crippen LogP) is 6.79. The molecule has 2 aromatic carbocycles. The average Bonchev–Trinajstić information content (AvgIpc) is 2.87. The largest absolute Gasteiger partial charge is 0.416 e. The molecule has 218 valence electrons. The zero-order valence-electron chi connectivity index (χ0n) is 23.5. The van der Waals surface area contributed by atoms with E-state index in [-0.39, 0.29) is 44.7 Å². The molecular weight excluding hydrogens is 573 g/mol. The summed E-state index contributed by atoms with van der Waals surface area (Å²) in [5.41, 5.74) is -0.982. The summed E-state index contributed by atoms with van der Waals surface area (Å²) in [7, 11) is -6.32. The van der Waals surface area contributed by atoms with E-state index in [1.807, 2.05) is 39.9 Å². The maximum absolute atomic E-state index is 13.6. The summed E-state index contributed by atoms with van der Waals surface area (Å²) in [5.74, 6) is -0.394. The number of hydrogen-bond acceptors (Lipinski definition) is 5. The predicted molar refractivity (Wildman–Crippen MR) is 151 cm³/mol. The normalized spacial score (nSPS) is 16.7. The van der Waals surface area contributed by atoms with Gasteiger partial charge in [0.05, 0.1) is 40.5 Å². The topological polar surface area (TPSA) is 104 Å². The minimum absolute atomic E-state index is 0.0436. The van der Waals surface area contributed by atoms with E-state index < -0.39 is 47.7 Å². The van der Waals surface area contributed by atoms with Gasteiger partial charge in [-0.15, -0.1) is 0 Å². The maximum Gasteiger partial charge on any atom is 0.416 e. The lowest BCUT2D eigenvalue weighted by Gasteiger charge is -2.36. The Morgan fingerprint density at radius 2 is 1.83 bits per heavy atom. The zero-order chi connectivity index (χ0) is 31.0. The summed E-state index contributed by atoms with van der Waals surface area (Å²) in [4.78, 5) is 17.5. The Kier molecular flexibility index (Phi) is 8.80. The Balaban J connectivity index is 2.07. The number of nitrogens with zero attached hydrogens (tertiary/aromatic N) is 3. The van der Waals surface area contributed by atoms with Crippen LogP contribution in [-0.4, -0.2) is 35.1 Å². The lowest BCUT2D eigenvalue weighted by Crippen LogP contribution is -2.46. The van der Waals surface area contributed by atoms with Gasteiger partial charge < -0.3 is 9.74 Å². The van der Waals surface area contributed by atoms with Crippen LogP contribution in [0.1, 0.15) is 50.4 Å². The molecule has 0 aliphatic carbocycles. The number of hydrogen-bond donors (Lipinski definition) is 1. The highest BCUT2D eigenvalue weighted by Crippen LogP contribution is 2.39. The standard InChI is InChI=1S/C28H31F3N4O4SSi/c1-18-24(33-5)25(34-26(36)35(18)21-10-8-9-20(16-21)28(29,30)31)22-12-11-19(17-32)15-23(22)40(37,38)14-13-39-41(6,7)27(2,3)4/h8-12,15-16,25H,13-14H2,1-4,6-7H3,(H,34,36). The Labute approximate surface area is 239 Å². The van der Waals surface area contributed by atoms with Crippen LogP contribution in [0.4, 0.5) is 23.7 Å². The first-order chi connectivity index (χ1) is 18.8. The monoisotopic (exact) mass is 604 g/mol. The molecule has 1 heterocycles. The third-order valence-corrected chi connectivity index (χ3v) is 13.7. The third-order valence-electron chi connectivity index (χ3n) is 7.41. The number of sulfone groups is 1. The molecule has 1 atom stereocenters. The molecule has 1 unspecified atom stereocenters. The zero-order valence-corrected chi connectivity index (χ0v) is 25.4. The van der Waals surface area contributed by atoms with Crippen molar-refractivity contribution in [1.82, 2.24) is 5.32 Å². The average molecular weight is 605 g/mol. The fourth-order valence-electron chi connectivity index (χ4n) is 4.08. The van der Waals surface area contributed by atoms with E-state index in [9.17, 15) is 31.6 Å². The minimum Gasteiger partial charge on any atom is -0.416 e. The van der Waals surface area contributed by atoms with Gasteiger partial charge in [-0.1, -0.05) is 32.9 Å². The maximum atomic E-state index is 13.6. The molecule has 0 aromatic heterocycles. The smallest absolute Gasteiger partial charge is 0.416 e. The van der Waals surface area contributed by atoms with Gasteiger partial charge >= 0.3 is 12.2 Å². The van der Waals surface area contributed by atoms with Gasteiger partial charge in [-0.25, -0.2) is 18.1 Å². The molecule has 13 heteroatoms. The number of urea groups is 1. The van der Waals surface area contributed by atoms with Crippen molar-refractivity contribution in [3.63, 3.8) is 0 Å². The number of nitriles is 1. The van der Waals surface area contributed by atoms with Gasteiger partial charge in [0.15, 0.2) is 18.2 Å². The number of halogens is 3. The molecule has 0 spiro atoms. The van der Waals surface area contributed by atoms with E-state index in [1.54, 1.807) is 0 Å². The second-order valence-corrected chi connectivity index (χ2v) is 18.0. The van der Waals surface area contributed by atoms with Gasteiger partial charge in [0, 0.05) is 18.0 Å². The van der Waals surface area contributed by atoms with Crippen LogP contribution < -0.4 is 10.2 Å². The molecule has 2 aromatic rings. The molecule has 1 N–H and O–H groups in total. The molecule has 8 nitrogen and oxygen atoms in total. The Hall–Kier alpha value is -3.65. The van der Waals surface area contributed by atoms with Gasteiger partial charge in [0.25, 0.3) is 0 Å². The van der Waals surface area contributed by atoms with Crippen molar-refractivity contribution in [2.24, 2.45) is 0 Å². The first-order valence-electron chi connectivity index (χ1n) is 12.6. The van der Waals surface area contributed by atoms with Crippen LogP contribution >= 0.6 is 0 Å². The third kappa shape index (κ3) is 6.64. The first kappa shape index (κ1) is 31.9. The van der Waals surface area contributed by atoms with Crippen LogP contribution in [0.5, 0.6) is 0 Å². The van der Waals surface area contributed by atoms with E-state index in [0.717, 1.165) is 23.1 Å². The number of carbonyl (C=O) groups excluding carboxylic acids is 1. The number of allylic oxidation sites excluding steroid dienone is 1. The van der Waals surface area contributed by atoms with Crippen molar-refractivity contribution < 1.29 is 30.8 Å². The number of benzene rings is 2. The lowest BCUT2D eigenvalue weighted by molar-refractivity contribution is -0.137. The van der Waals surface area contributed by atoms with E-state index in [1.165, 1.54) is 31.2 Å². The Morgan fingerprint density at radius 3 is 2.39 bits per heavy atom. The highest BCUT2D eigenvalue weighted by Gasteiger charge is 2.39. The molecule has 0 fully saturated rings. The molecule has 0 radical (unpaired) electrons. The summed E-state index contributed by atoms with van der Waals surface area (Å²) >= 11 is 0. The summed E-state index contributed by atoms with van der Waals surface area (Å²) in [6, 6.07) is 7.91. The van der Waals surface area contributed by atoms with Gasteiger partial charge in [0.1, 0.15) is 0 Å². The minimum atomic E-state index is -4.65. The van der Waals surface area contributed by atoms with E-state index in [0.29, 0.717) is 0 Å². The second-order valence-electron chi connectivity index (χ2n) is 11.1. The molecule has 1 aliphatic rings. The molecule has 0 bridgehead atoms. The van der Waals surface area contributed by atoms with Crippen molar-refractivity contribution in [1.29, 1.82) is 5.26 Å². The van der Waals surface area contributed by atoms with E-state index in [4.69, 9.17) is 11.0 Å². The van der Waals surface area contributed by atoms with Crippen LogP contribution in [0, 0.1) is 17.9 Å². The number of alkyl halides is 3. The molecule has 1 aliphatic heterocycles. The molecule has 0 saturated carbocycles. The molecule has 41 heavy (non-hydrogen) atoms. The molecule has 0 saturated heterocycles. The van der Waals surface area contributed by atoms with Crippen molar-refractivity contribution in [3.05, 3.63) is 82.0 Å². The fraction of sp³-hybridized carbons (Fsp3) is 0.393. The first-order valence-corrected chi connectivity index (χ1v) is 17.2. The fourth-order valence-corrected chi connectivity index (χ4v) is 6.65. The van der Waals surface area contributed by atoms with Crippen LogP contribution in [0.15, 0.2) is 58.8 Å². The van der Waals surface area contributed by atoms with Gasteiger partial charge in [0.2, 0.25) is 5.70 Å². The van der Waals surface area contributed by atoms with Crippen LogP contribution in [0.25, 0.3) is 4.85 Å². The summed E-state index contributed by atoms with van der Waals surface area (Å²) in [6.45, 7) is 19.2. The van der Waals surface area contributed by atoms with Crippen molar-refractivity contribution in [3.8, 4) is 6.07 Å². The van der Waals surface area contributed by atoms with Crippen LogP contribution in [0.3, 0.4) is 0 Å². The Bertz CT molecular complexity index is 1580. The number of rotatable bonds is 7. The SMILES string of the molecule is [C-]#[N+]C1=C(C)N(c2cccc(C(F)(F)F)c2)C(=O)NC1c1ccc(C#N)cc1S(=O)(=O)CCO[Si](C)(C)C(C)(C)C. The van der Waals surface area contributed by atoms with Gasteiger partial charge in [-0.2, -0.15) is 18.4 Å². The van der Waals surface area contributed by atoms with Crippen molar-refractivity contribution in [2.45, 2.75) is 62.9 Å². The number of carbonyl (C=O) groups is 1. The Morgan fingerprint density at radius 1 is 1.17 bits per heavy atom. The van der Waals surface area contributed by atoms with Crippen LogP contribution in [0.2, 0.25) is 18.1 Å². The number of amides is 2. The highest BCUT2D eigenvalue weighted by atomic mass is 32.2. The van der Waals surface area contributed by atoms with Crippen molar-refractivity contribution in [2.75, 3.05) is 17.3 Å². The van der Waals surface area contributed by atoms with Gasteiger partial charge in [-0.05, 0) is 61.0 Å². The van der Waals surface area contributed by atoms with E-state index >= 15 is 0 Å². The van der Waals surface area contributed by atoms with Crippen molar-refractivity contribution >= 4 is 29.9 Å². The molecule has 3 rings (SSSR count). The lowest BCUT2D eigenvalue weighted by atomic mass is 9.99. The number of nitrogens with one attached hydrogen (secondary N) is 1. The molecular formula is C28H31F3N4O4SSi. The molecule has 2 amide bonds. The van der Waals surface area contributed by atoms with Gasteiger partial charge in [-0.3, -0.25) is 4.90 Å². The van der Waals surface area contributed by atoms with Crippen LogP contribution in [-0.2, 0) is 20.4 Å². The summed E-state index contributed by atoms with van der Waals surface area (Å²) in [5, 5.41) is 11.9. The highest BCUT2D eigenvalue weighted by molar-refractivity contribution is 7.91. The summed E-state index contributed by atoms with van der Waals surface area (Å²) in [6.07, 6.45) is -4.65. The second kappa shape index (κ2) is 11.3. The number of anilines is 1.